The topological polar surface area (TPSA) is 120 Å². The number of aromatic amines is 1. The van der Waals surface area contributed by atoms with Crippen molar-refractivity contribution in [1.29, 1.82) is 0 Å². The fraction of sp³-hybridized carbons (Fsp3) is 0.333. The number of imidazole rings is 1. The fourth-order valence-corrected chi connectivity index (χ4v) is 2.20. The summed E-state index contributed by atoms with van der Waals surface area (Å²) in [6.45, 7) is 0. The van der Waals surface area contributed by atoms with Crippen molar-refractivity contribution in [3.05, 3.63) is 24.2 Å². The van der Waals surface area contributed by atoms with Crippen molar-refractivity contribution in [2.45, 2.75) is 25.1 Å². The van der Waals surface area contributed by atoms with Crippen LogP contribution in [0.15, 0.2) is 18.6 Å². The van der Waals surface area contributed by atoms with Crippen molar-refractivity contribution in [2.75, 3.05) is 0 Å². The number of nitrogens with zero attached hydrogens (tertiary/aromatic N) is 2. The second-order valence-electron chi connectivity index (χ2n) is 4.59. The molecule has 2 amide bonds. The van der Waals surface area contributed by atoms with Crippen LogP contribution in [0.25, 0.3) is 11.2 Å². The monoisotopic (exact) mass is 275 g/mol. The van der Waals surface area contributed by atoms with Crippen LogP contribution in [0.5, 0.6) is 0 Å². The first-order valence-electron chi connectivity index (χ1n) is 6.22. The second kappa shape index (κ2) is 4.89. The number of piperidine rings is 1. The molecular weight excluding hydrogens is 262 g/mol. The molecule has 2 aromatic rings. The number of carbonyl (C=O) groups excluding carboxylic acids is 2. The van der Waals surface area contributed by atoms with E-state index in [1.54, 1.807) is 6.07 Å². The molecule has 1 aliphatic rings. The number of hydrogen-bond donors (Lipinski definition) is 4. The Labute approximate surface area is 113 Å². The normalized spacial score (nSPS) is 22.6. The van der Waals surface area contributed by atoms with E-state index in [-0.39, 0.29) is 11.8 Å². The van der Waals surface area contributed by atoms with Gasteiger partial charge in [0.15, 0.2) is 5.65 Å². The quantitative estimate of drug-likeness (QED) is 0.577. The van der Waals surface area contributed by atoms with Gasteiger partial charge in [-0.2, -0.15) is 0 Å². The summed E-state index contributed by atoms with van der Waals surface area (Å²) in [6, 6.07) is 0.919. The Morgan fingerprint density at radius 3 is 3.05 bits per heavy atom. The maximum absolute atomic E-state index is 12.2. The highest BCUT2D eigenvalue weighted by atomic mass is 16.3. The zero-order valence-electron chi connectivity index (χ0n) is 10.5. The van der Waals surface area contributed by atoms with Crippen LogP contribution in [-0.2, 0) is 4.79 Å². The SMILES string of the molecule is O=C(NC1CCC(O)NC1=O)c1ccnc2nc[nH]c12. The van der Waals surface area contributed by atoms with Gasteiger partial charge in [0.05, 0.1) is 17.4 Å². The summed E-state index contributed by atoms with van der Waals surface area (Å²) in [5.74, 6) is -0.759. The maximum atomic E-state index is 12.2. The van der Waals surface area contributed by atoms with Gasteiger partial charge in [-0.1, -0.05) is 0 Å². The molecule has 1 saturated heterocycles. The minimum absolute atomic E-state index is 0.377. The van der Waals surface area contributed by atoms with Gasteiger partial charge in [0.25, 0.3) is 5.91 Å². The second-order valence-corrected chi connectivity index (χ2v) is 4.59. The van der Waals surface area contributed by atoms with Crippen LogP contribution in [0.4, 0.5) is 0 Å². The number of aromatic nitrogens is 3. The van der Waals surface area contributed by atoms with Gasteiger partial charge in [-0.05, 0) is 18.9 Å². The fourth-order valence-electron chi connectivity index (χ4n) is 2.20. The Bertz CT molecular complexity index is 668. The van der Waals surface area contributed by atoms with E-state index in [1.807, 2.05) is 0 Å². The van der Waals surface area contributed by atoms with Crippen LogP contribution in [0.2, 0.25) is 0 Å². The molecule has 0 radical (unpaired) electrons. The third kappa shape index (κ3) is 2.21. The van der Waals surface area contributed by atoms with Crippen LogP contribution < -0.4 is 10.6 Å². The molecule has 20 heavy (non-hydrogen) atoms. The van der Waals surface area contributed by atoms with E-state index < -0.39 is 12.3 Å². The Kier molecular flexibility index (Phi) is 3.07. The lowest BCUT2D eigenvalue weighted by molar-refractivity contribution is -0.128. The molecule has 2 atom stereocenters. The Morgan fingerprint density at radius 1 is 1.40 bits per heavy atom. The van der Waals surface area contributed by atoms with Crippen LogP contribution in [0.1, 0.15) is 23.2 Å². The first kappa shape index (κ1) is 12.5. The zero-order chi connectivity index (χ0) is 14.1. The van der Waals surface area contributed by atoms with Gasteiger partial charge in [-0.25, -0.2) is 9.97 Å². The number of nitrogens with one attached hydrogen (secondary N) is 3. The van der Waals surface area contributed by atoms with Crippen molar-refractivity contribution in [3.63, 3.8) is 0 Å². The average Bonchev–Trinajstić information content (AvgIpc) is 2.90. The molecule has 0 spiro atoms. The average molecular weight is 275 g/mol. The number of aliphatic hydroxyl groups is 1. The summed E-state index contributed by atoms with van der Waals surface area (Å²) >= 11 is 0. The molecule has 2 unspecified atom stereocenters. The summed E-state index contributed by atoms with van der Waals surface area (Å²) in [4.78, 5) is 34.7. The predicted molar refractivity (Wildman–Crippen MR) is 68.5 cm³/mol. The van der Waals surface area contributed by atoms with Crippen LogP contribution in [0.3, 0.4) is 0 Å². The van der Waals surface area contributed by atoms with E-state index in [0.717, 1.165) is 0 Å². The van der Waals surface area contributed by atoms with E-state index >= 15 is 0 Å². The lowest BCUT2D eigenvalue weighted by atomic mass is 10.0. The van der Waals surface area contributed by atoms with Gasteiger partial charge in [0.2, 0.25) is 5.91 Å². The molecule has 8 heteroatoms. The van der Waals surface area contributed by atoms with Crippen LogP contribution >= 0.6 is 0 Å². The number of amides is 2. The Morgan fingerprint density at radius 2 is 2.25 bits per heavy atom. The molecule has 1 aliphatic heterocycles. The van der Waals surface area contributed by atoms with E-state index in [0.29, 0.717) is 29.6 Å². The summed E-state index contributed by atoms with van der Waals surface area (Å²) in [5.41, 5.74) is 1.36. The highest BCUT2D eigenvalue weighted by Gasteiger charge is 2.28. The molecule has 3 heterocycles. The molecule has 4 N–H and O–H groups in total. The Balaban J connectivity index is 1.80. The number of rotatable bonds is 2. The smallest absolute Gasteiger partial charge is 0.254 e. The van der Waals surface area contributed by atoms with Gasteiger partial charge in [-0.15, -0.1) is 0 Å². The first-order chi connectivity index (χ1) is 9.65. The van der Waals surface area contributed by atoms with Gasteiger partial charge in [0.1, 0.15) is 12.3 Å². The third-order valence-corrected chi connectivity index (χ3v) is 3.23. The van der Waals surface area contributed by atoms with E-state index in [4.69, 9.17) is 0 Å². The van der Waals surface area contributed by atoms with Crippen molar-refractivity contribution < 1.29 is 14.7 Å². The third-order valence-electron chi connectivity index (χ3n) is 3.23. The number of carbonyl (C=O) groups is 2. The van der Waals surface area contributed by atoms with Gasteiger partial charge >= 0.3 is 0 Å². The van der Waals surface area contributed by atoms with E-state index in [1.165, 1.54) is 12.5 Å². The molecule has 2 aromatic heterocycles. The number of fused-ring (bicyclic) bond motifs is 1. The molecule has 1 fully saturated rings. The zero-order valence-corrected chi connectivity index (χ0v) is 10.5. The van der Waals surface area contributed by atoms with E-state index in [9.17, 15) is 14.7 Å². The van der Waals surface area contributed by atoms with Crippen molar-refractivity contribution >= 4 is 23.0 Å². The molecule has 104 valence electrons. The number of aliphatic hydroxyl groups excluding tert-OH is 1. The minimum atomic E-state index is -0.837. The molecular formula is C12H13N5O3. The number of hydrogen-bond acceptors (Lipinski definition) is 5. The summed E-state index contributed by atoms with van der Waals surface area (Å²) in [7, 11) is 0. The Hall–Kier alpha value is -2.48. The van der Waals surface area contributed by atoms with Crippen LogP contribution in [-0.4, -0.2) is 44.1 Å². The summed E-state index contributed by atoms with van der Waals surface area (Å²) < 4.78 is 0. The van der Waals surface area contributed by atoms with Crippen molar-refractivity contribution in [3.8, 4) is 0 Å². The summed E-state index contributed by atoms with van der Waals surface area (Å²) in [6.07, 6.45) is 2.92. The lowest BCUT2D eigenvalue weighted by Gasteiger charge is -2.26. The molecule has 8 nitrogen and oxygen atoms in total. The first-order valence-corrected chi connectivity index (χ1v) is 6.22. The standard InChI is InChI=1S/C12H13N5O3/c18-8-2-1-7(12(20)17-8)16-11(19)6-3-4-13-10-9(6)14-5-15-10/h3-5,7-8,18H,1-2H2,(H,16,19)(H,17,20)(H,13,14,15). The molecule has 0 aliphatic carbocycles. The molecule has 0 saturated carbocycles. The van der Waals surface area contributed by atoms with Gasteiger partial charge < -0.3 is 20.7 Å². The molecule has 0 bridgehead atoms. The highest BCUT2D eigenvalue weighted by Crippen LogP contribution is 2.13. The van der Waals surface area contributed by atoms with Crippen molar-refractivity contribution in [1.82, 2.24) is 25.6 Å². The molecule has 3 rings (SSSR count). The minimum Gasteiger partial charge on any atom is -0.374 e. The largest absolute Gasteiger partial charge is 0.374 e. The lowest BCUT2D eigenvalue weighted by Crippen LogP contribution is -2.53. The van der Waals surface area contributed by atoms with Crippen molar-refractivity contribution in [2.24, 2.45) is 0 Å². The van der Waals surface area contributed by atoms with Crippen LogP contribution in [0, 0.1) is 0 Å². The predicted octanol–water partition coefficient (Wildman–Crippen LogP) is -0.715. The highest BCUT2D eigenvalue weighted by molar-refractivity contribution is 6.05. The number of pyridine rings is 1. The van der Waals surface area contributed by atoms with E-state index in [2.05, 4.69) is 25.6 Å². The maximum Gasteiger partial charge on any atom is 0.254 e. The van der Waals surface area contributed by atoms with Gasteiger partial charge in [0, 0.05) is 6.20 Å². The number of H-pyrrole nitrogens is 1. The summed E-state index contributed by atoms with van der Waals surface area (Å²) in [5, 5.41) is 14.3. The molecule has 0 aromatic carbocycles. The van der Waals surface area contributed by atoms with Gasteiger partial charge in [-0.3, -0.25) is 9.59 Å².